The molecule has 0 fully saturated rings. The summed E-state index contributed by atoms with van der Waals surface area (Å²) in [7, 11) is -4.15. The minimum absolute atomic E-state index is 0.0431. The van der Waals surface area contributed by atoms with Crippen molar-refractivity contribution in [2.24, 2.45) is 0 Å². The van der Waals surface area contributed by atoms with Gasteiger partial charge in [-0.1, -0.05) is 12.1 Å². The number of nitrogens with one attached hydrogen (secondary N) is 1. The summed E-state index contributed by atoms with van der Waals surface area (Å²) in [5, 5.41) is 0. The highest BCUT2D eigenvalue weighted by Gasteiger charge is 2.19. The molecule has 0 aliphatic rings. The number of carbonyl (C=O) groups is 1. The fourth-order valence-electron chi connectivity index (χ4n) is 1.72. The lowest BCUT2D eigenvalue weighted by Crippen LogP contribution is -2.15. The van der Waals surface area contributed by atoms with Crippen LogP contribution in [0.1, 0.15) is 15.9 Å². The molecule has 0 unspecified atom stereocenters. The van der Waals surface area contributed by atoms with Crippen LogP contribution in [0.3, 0.4) is 0 Å². The third kappa shape index (κ3) is 3.11. The van der Waals surface area contributed by atoms with E-state index in [0.717, 1.165) is 24.3 Å². The van der Waals surface area contributed by atoms with Crippen molar-refractivity contribution in [3.8, 4) is 0 Å². The first kappa shape index (κ1) is 16.0. The van der Waals surface area contributed by atoms with Gasteiger partial charge in [-0.25, -0.2) is 21.6 Å². The van der Waals surface area contributed by atoms with Crippen LogP contribution in [-0.4, -0.2) is 14.7 Å². The quantitative estimate of drug-likeness (QED) is 0.858. The maximum Gasteiger partial charge on any atom is 0.261 e. The lowest BCUT2D eigenvalue weighted by atomic mass is 10.2. The van der Waals surface area contributed by atoms with Crippen LogP contribution in [-0.2, 0) is 16.7 Å². The molecule has 0 bridgehead atoms. The highest BCUT2D eigenvalue weighted by molar-refractivity contribution is 7.92. The Morgan fingerprint density at radius 1 is 1.05 bits per heavy atom. The lowest BCUT2D eigenvalue weighted by Gasteiger charge is -2.10. The Bertz CT molecular complexity index is 805. The van der Waals surface area contributed by atoms with Crippen LogP contribution in [0.2, 0.25) is 0 Å². The Morgan fingerprint density at radius 3 is 2.23 bits per heavy atom. The summed E-state index contributed by atoms with van der Waals surface area (Å²) in [6.45, 7) is -0.747. The number of benzene rings is 2. The summed E-state index contributed by atoms with van der Waals surface area (Å²) >= 11 is 0. The van der Waals surface area contributed by atoms with Crippen molar-refractivity contribution in [2.75, 3.05) is 4.72 Å². The van der Waals surface area contributed by atoms with Crippen LogP contribution in [0.15, 0.2) is 41.3 Å². The van der Waals surface area contributed by atoms with E-state index in [0.29, 0.717) is 0 Å². The largest absolute Gasteiger partial charge is 0.298 e. The van der Waals surface area contributed by atoms with Crippen LogP contribution < -0.4 is 4.72 Å². The first-order valence-electron chi connectivity index (χ1n) is 6.00. The van der Waals surface area contributed by atoms with Crippen molar-refractivity contribution in [2.45, 2.75) is 11.6 Å². The van der Waals surface area contributed by atoms with Crippen molar-refractivity contribution in [3.05, 3.63) is 59.2 Å². The summed E-state index contributed by atoms with van der Waals surface area (Å²) in [4.78, 5) is 10.4. The number of halogens is 3. The van der Waals surface area contributed by atoms with E-state index in [9.17, 15) is 26.4 Å². The van der Waals surface area contributed by atoms with Gasteiger partial charge in [-0.05, 0) is 29.8 Å². The molecule has 4 nitrogen and oxygen atoms in total. The van der Waals surface area contributed by atoms with Gasteiger partial charge in [0.15, 0.2) is 12.1 Å². The zero-order chi connectivity index (χ0) is 16.3. The summed E-state index contributed by atoms with van der Waals surface area (Å²) in [5.74, 6) is -2.40. The topological polar surface area (TPSA) is 63.2 Å². The second-order valence-corrected chi connectivity index (χ2v) is 6.01. The predicted molar refractivity (Wildman–Crippen MR) is 73.8 cm³/mol. The third-order valence-corrected chi connectivity index (χ3v) is 4.26. The molecular formula is C14H10F3NO3S. The van der Waals surface area contributed by atoms with E-state index in [1.54, 1.807) is 0 Å². The average Bonchev–Trinajstić information content (AvgIpc) is 2.51. The van der Waals surface area contributed by atoms with E-state index in [1.807, 2.05) is 4.72 Å². The minimum atomic E-state index is -4.15. The van der Waals surface area contributed by atoms with Gasteiger partial charge in [-0.2, -0.15) is 0 Å². The summed E-state index contributed by atoms with van der Waals surface area (Å²) < 4.78 is 65.5. The Labute approximate surface area is 124 Å². The van der Waals surface area contributed by atoms with Crippen LogP contribution in [0.5, 0.6) is 0 Å². The van der Waals surface area contributed by atoms with Crippen molar-refractivity contribution in [1.29, 1.82) is 0 Å². The van der Waals surface area contributed by atoms with Crippen molar-refractivity contribution in [3.63, 3.8) is 0 Å². The normalized spacial score (nSPS) is 11.2. The fourth-order valence-corrected chi connectivity index (χ4v) is 2.78. The molecule has 2 rings (SSSR count). The van der Waals surface area contributed by atoms with Crippen LogP contribution in [0.25, 0.3) is 0 Å². The number of sulfonamides is 1. The summed E-state index contributed by atoms with van der Waals surface area (Å²) in [6, 6.07) is 6.49. The Morgan fingerprint density at radius 2 is 1.68 bits per heavy atom. The zero-order valence-corrected chi connectivity index (χ0v) is 11.8. The highest BCUT2D eigenvalue weighted by Crippen LogP contribution is 2.23. The number of hydrogen-bond donors (Lipinski definition) is 1. The predicted octanol–water partition coefficient (Wildman–Crippen LogP) is 3.05. The van der Waals surface area contributed by atoms with Gasteiger partial charge in [0.2, 0.25) is 0 Å². The van der Waals surface area contributed by atoms with Gasteiger partial charge in [0.25, 0.3) is 10.0 Å². The van der Waals surface area contributed by atoms with Crippen molar-refractivity contribution >= 4 is 22.0 Å². The smallest absolute Gasteiger partial charge is 0.261 e. The molecule has 0 aliphatic carbocycles. The van der Waals surface area contributed by atoms with Gasteiger partial charge in [0, 0.05) is 0 Å². The lowest BCUT2D eigenvalue weighted by molar-refractivity contribution is 0.111. The maximum atomic E-state index is 13.9. The maximum absolute atomic E-state index is 13.9. The number of carbonyl (C=O) groups excluding carboxylic acids is 1. The molecular weight excluding hydrogens is 319 g/mol. The second kappa shape index (κ2) is 6.18. The van der Waals surface area contributed by atoms with E-state index < -0.39 is 39.6 Å². The summed E-state index contributed by atoms with van der Waals surface area (Å²) in [6.07, 6.45) is -0.0431. The molecule has 0 aromatic heterocycles. The first-order chi connectivity index (χ1) is 10.4. The first-order valence-corrected chi connectivity index (χ1v) is 7.48. The number of anilines is 1. The zero-order valence-electron chi connectivity index (χ0n) is 11.0. The van der Waals surface area contributed by atoms with Crippen LogP contribution >= 0.6 is 0 Å². The molecule has 2 aromatic rings. The molecule has 2 aromatic carbocycles. The van der Waals surface area contributed by atoms with Gasteiger partial charge in [-0.3, -0.25) is 9.52 Å². The Kier molecular flexibility index (Phi) is 4.51. The van der Waals surface area contributed by atoms with Crippen LogP contribution in [0.4, 0.5) is 18.9 Å². The molecule has 0 radical (unpaired) electrons. The average molecular weight is 329 g/mol. The van der Waals surface area contributed by atoms with Gasteiger partial charge in [0.05, 0.1) is 16.1 Å². The molecule has 22 heavy (non-hydrogen) atoms. The molecule has 0 saturated carbocycles. The molecule has 0 saturated heterocycles. The van der Waals surface area contributed by atoms with E-state index >= 15 is 0 Å². The molecule has 0 atom stereocenters. The molecule has 116 valence electrons. The Balaban J connectivity index is 2.38. The van der Waals surface area contributed by atoms with E-state index in [2.05, 4.69) is 0 Å². The monoisotopic (exact) mass is 329 g/mol. The highest BCUT2D eigenvalue weighted by atomic mass is 32.2. The second-order valence-electron chi connectivity index (χ2n) is 4.32. The van der Waals surface area contributed by atoms with Crippen molar-refractivity contribution in [1.82, 2.24) is 0 Å². The van der Waals surface area contributed by atoms with Crippen LogP contribution in [0, 0.1) is 11.6 Å². The van der Waals surface area contributed by atoms with Crippen molar-refractivity contribution < 1.29 is 26.4 Å². The van der Waals surface area contributed by atoms with Gasteiger partial charge in [-0.15, -0.1) is 0 Å². The molecule has 0 aliphatic heterocycles. The number of hydrogen-bond acceptors (Lipinski definition) is 3. The van der Waals surface area contributed by atoms with E-state index in [-0.39, 0.29) is 16.7 Å². The third-order valence-electron chi connectivity index (χ3n) is 2.88. The molecule has 0 heterocycles. The van der Waals surface area contributed by atoms with Gasteiger partial charge in [0.1, 0.15) is 12.5 Å². The molecule has 8 heteroatoms. The molecule has 1 N–H and O–H groups in total. The number of aldehydes is 1. The SMILES string of the molecule is O=Cc1c(F)ccc(NS(=O)(=O)c2ccc(CF)cc2)c1F. The standard InChI is InChI=1S/C14H10F3NO3S/c15-7-9-1-3-10(4-2-9)22(20,21)18-13-6-5-12(16)11(8-19)14(13)17/h1-6,8,18H,7H2. The Hall–Kier alpha value is -2.35. The van der Waals surface area contributed by atoms with Gasteiger partial charge >= 0.3 is 0 Å². The van der Waals surface area contributed by atoms with E-state index in [4.69, 9.17) is 0 Å². The minimum Gasteiger partial charge on any atom is -0.298 e. The number of rotatable bonds is 5. The van der Waals surface area contributed by atoms with Gasteiger partial charge < -0.3 is 0 Å². The fraction of sp³-hybridized carbons (Fsp3) is 0.0714. The molecule has 0 spiro atoms. The number of alkyl halides is 1. The molecule has 0 amide bonds. The van der Waals surface area contributed by atoms with E-state index in [1.165, 1.54) is 12.1 Å². The summed E-state index contributed by atoms with van der Waals surface area (Å²) in [5.41, 5.74) is -1.14.